The number of benzene rings is 2. The van der Waals surface area contributed by atoms with E-state index in [2.05, 4.69) is 37.5 Å². The molecular weight excluding hydrogens is 460 g/mol. The summed E-state index contributed by atoms with van der Waals surface area (Å²) in [6, 6.07) is 15.1. The standard InChI is InChI=1S/C19H15BrN4O2S2/c20-14-7-3-2-6-13(14)17(26)21-18-22-23-19(28-18)27-11-16(25)24-10-9-12-5-1-4-8-15(12)24/h1-8H,9-11H2,(H,21,22,26). The summed E-state index contributed by atoms with van der Waals surface area (Å²) in [5, 5.41) is 11.2. The predicted octanol–water partition coefficient (Wildman–Crippen LogP) is 4.23. The first-order chi connectivity index (χ1) is 13.6. The number of fused-ring (bicyclic) bond motifs is 1. The third-order valence-electron chi connectivity index (χ3n) is 4.25. The highest BCUT2D eigenvalue weighted by molar-refractivity contribution is 9.10. The van der Waals surface area contributed by atoms with Gasteiger partial charge in [-0.2, -0.15) is 0 Å². The van der Waals surface area contributed by atoms with Gasteiger partial charge in [0.2, 0.25) is 11.0 Å². The van der Waals surface area contributed by atoms with Crippen LogP contribution in [0, 0.1) is 0 Å². The highest BCUT2D eigenvalue weighted by Gasteiger charge is 2.24. The molecule has 1 N–H and O–H groups in total. The second kappa shape index (κ2) is 8.42. The van der Waals surface area contributed by atoms with Crippen LogP contribution in [0.2, 0.25) is 0 Å². The number of anilines is 2. The van der Waals surface area contributed by atoms with E-state index in [0.29, 0.717) is 26.1 Å². The average molecular weight is 475 g/mol. The Bertz CT molecular complexity index is 1040. The van der Waals surface area contributed by atoms with Crippen molar-refractivity contribution in [2.75, 3.05) is 22.5 Å². The molecule has 142 valence electrons. The summed E-state index contributed by atoms with van der Waals surface area (Å²) < 4.78 is 1.35. The van der Waals surface area contributed by atoms with Gasteiger partial charge in [0.1, 0.15) is 0 Å². The Kier molecular flexibility index (Phi) is 5.74. The summed E-state index contributed by atoms with van der Waals surface area (Å²) in [4.78, 5) is 26.7. The molecule has 1 aliphatic rings. The number of rotatable bonds is 5. The van der Waals surface area contributed by atoms with E-state index in [9.17, 15) is 9.59 Å². The van der Waals surface area contributed by atoms with Crippen molar-refractivity contribution >= 4 is 61.7 Å². The fraction of sp³-hybridized carbons (Fsp3) is 0.158. The summed E-state index contributed by atoms with van der Waals surface area (Å²) in [5.41, 5.74) is 2.72. The van der Waals surface area contributed by atoms with E-state index in [1.54, 1.807) is 18.2 Å². The zero-order valence-electron chi connectivity index (χ0n) is 14.6. The van der Waals surface area contributed by atoms with Crippen molar-refractivity contribution in [2.45, 2.75) is 10.8 Å². The molecule has 3 aromatic rings. The highest BCUT2D eigenvalue weighted by Crippen LogP contribution is 2.30. The van der Waals surface area contributed by atoms with Gasteiger partial charge in [0.25, 0.3) is 5.91 Å². The van der Waals surface area contributed by atoms with Gasteiger partial charge in [-0.25, -0.2) is 0 Å². The van der Waals surface area contributed by atoms with Crippen LogP contribution in [0.3, 0.4) is 0 Å². The fourth-order valence-corrected chi connectivity index (χ4v) is 5.02. The van der Waals surface area contributed by atoms with Crippen molar-refractivity contribution in [3.8, 4) is 0 Å². The number of amides is 2. The van der Waals surface area contributed by atoms with Crippen LogP contribution in [0.25, 0.3) is 0 Å². The van der Waals surface area contributed by atoms with Gasteiger partial charge >= 0.3 is 0 Å². The number of carbonyl (C=O) groups excluding carboxylic acids is 2. The normalized spacial score (nSPS) is 12.7. The van der Waals surface area contributed by atoms with Gasteiger partial charge in [0.05, 0.1) is 11.3 Å². The first-order valence-electron chi connectivity index (χ1n) is 8.52. The van der Waals surface area contributed by atoms with Gasteiger partial charge in [-0.3, -0.25) is 14.9 Å². The Balaban J connectivity index is 1.35. The molecule has 2 heterocycles. The monoisotopic (exact) mass is 474 g/mol. The minimum Gasteiger partial charge on any atom is -0.311 e. The molecule has 6 nitrogen and oxygen atoms in total. The summed E-state index contributed by atoms with van der Waals surface area (Å²) in [6.45, 7) is 0.710. The molecule has 1 aromatic heterocycles. The zero-order chi connectivity index (χ0) is 19.5. The zero-order valence-corrected chi connectivity index (χ0v) is 17.8. The molecule has 2 amide bonds. The van der Waals surface area contributed by atoms with Crippen LogP contribution in [0.4, 0.5) is 10.8 Å². The molecule has 0 saturated heterocycles. The number of hydrogen-bond donors (Lipinski definition) is 1. The average Bonchev–Trinajstić information content (AvgIpc) is 3.33. The first kappa shape index (κ1) is 19.1. The molecule has 0 aliphatic carbocycles. The maximum absolute atomic E-state index is 12.6. The molecule has 9 heteroatoms. The molecule has 4 rings (SSSR count). The fourth-order valence-electron chi connectivity index (χ4n) is 2.93. The van der Waals surface area contributed by atoms with Crippen LogP contribution in [-0.4, -0.2) is 34.3 Å². The quantitative estimate of drug-likeness (QED) is 0.442. The number of carbonyl (C=O) groups is 2. The minimum absolute atomic E-state index is 0.0453. The SMILES string of the molecule is O=C(Nc1nnc(SCC(=O)N2CCc3ccccc32)s1)c1ccccc1Br. The Morgan fingerprint density at radius 1 is 1.14 bits per heavy atom. The van der Waals surface area contributed by atoms with Gasteiger partial charge in [0.15, 0.2) is 4.34 Å². The molecule has 0 spiro atoms. The lowest BCUT2D eigenvalue weighted by atomic mass is 10.2. The van der Waals surface area contributed by atoms with Crippen molar-refractivity contribution < 1.29 is 9.59 Å². The number of aromatic nitrogens is 2. The number of thioether (sulfide) groups is 1. The molecular formula is C19H15BrN4O2S2. The van der Waals surface area contributed by atoms with Crippen molar-refractivity contribution in [2.24, 2.45) is 0 Å². The molecule has 1 aliphatic heterocycles. The molecule has 0 bridgehead atoms. The number of halogens is 1. The van der Waals surface area contributed by atoms with Crippen LogP contribution in [-0.2, 0) is 11.2 Å². The molecule has 0 unspecified atom stereocenters. The van der Waals surface area contributed by atoms with Crippen LogP contribution in [0.15, 0.2) is 57.3 Å². The molecule has 28 heavy (non-hydrogen) atoms. The molecule has 0 atom stereocenters. The smallest absolute Gasteiger partial charge is 0.258 e. The topological polar surface area (TPSA) is 75.2 Å². The third-order valence-corrected chi connectivity index (χ3v) is 6.90. The van der Waals surface area contributed by atoms with Gasteiger partial charge in [-0.05, 0) is 46.1 Å². The molecule has 0 saturated carbocycles. The van der Waals surface area contributed by atoms with Crippen molar-refractivity contribution in [3.05, 3.63) is 64.1 Å². The first-order valence-corrected chi connectivity index (χ1v) is 11.1. The van der Waals surface area contributed by atoms with Crippen molar-refractivity contribution in [1.29, 1.82) is 0 Å². The Labute approximate surface area is 178 Å². The maximum atomic E-state index is 12.6. The summed E-state index contributed by atoms with van der Waals surface area (Å²) in [6.07, 6.45) is 0.886. The second-order valence-electron chi connectivity index (χ2n) is 6.02. The van der Waals surface area contributed by atoms with E-state index in [0.717, 1.165) is 12.1 Å². The van der Waals surface area contributed by atoms with E-state index >= 15 is 0 Å². The largest absolute Gasteiger partial charge is 0.311 e. The molecule has 2 aromatic carbocycles. The Hall–Kier alpha value is -2.23. The molecule has 0 fully saturated rings. The number of para-hydroxylation sites is 1. The van der Waals surface area contributed by atoms with Crippen molar-refractivity contribution in [3.63, 3.8) is 0 Å². The minimum atomic E-state index is -0.259. The van der Waals surface area contributed by atoms with E-state index < -0.39 is 0 Å². The predicted molar refractivity (Wildman–Crippen MR) is 115 cm³/mol. The van der Waals surface area contributed by atoms with Gasteiger partial charge in [-0.15, -0.1) is 10.2 Å². The van der Waals surface area contributed by atoms with E-state index in [1.807, 2.05) is 29.2 Å². The Morgan fingerprint density at radius 3 is 2.79 bits per heavy atom. The van der Waals surface area contributed by atoms with E-state index in [-0.39, 0.29) is 17.6 Å². The van der Waals surface area contributed by atoms with E-state index in [4.69, 9.17) is 0 Å². The van der Waals surface area contributed by atoms with Crippen LogP contribution >= 0.6 is 39.0 Å². The summed E-state index contributed by atoms with van der Waals surface area (Å²) in [5.74, 6) is 0.0649. The number of hydrogen-bond acceptors (Lipinski definition) is 6. The Morgan fingerprint density at radius 2 is 1.93 bits per heavy atom. The van der Waals surface area contributed by atoms with Crippen molar-refractivity contribution in [1.82, 2.24) is 10.2 Å². The van der Waals surface area contributed by atoms with Gasteiger partial charge in [0, 0.05) is 16.7 Å². The maximum Gasteiger partial charge on any atom is 0.258 e. The molecule has 0 radical (unpaired) electrons. The van der Waals surface area contributed by atoms with Gasteiger partial charge < -0.3 is 4.90 Å². The highest BCUT2D eigenvalue weighted by atomic mass is 79.9. The second-order valence-corrected chi connectivity index (χ2v) is 9.07. The van der Waals surface area contributed by atoms with Crippen LogP contribution < -0.4 is 10.2 Å². The lowest BCUT2D eigenvalue weighted by Gasteiger charge is -2.16. The summed E-state index contributed by atoms with van der Waals surface area (Å²) in [7, 11) is 0. The number of nitrogens with one attached hydrogen (secondary N) is 1. The van der Waals surface area contributed by atoms with E-state index in [1.165, 1.54) is 28.7 Å². The lowest BCUT2D eigenvalue weighted by Crippen LogP contribution is -2.30. The van der Waals surface area contributed by atoms with Crippen LogP contribution in [0.5, 0.6) is 0 Å². The number of nitrogens with zero attached hydrogens (tertiary/aromatic N) is 3. The van der Waals surface area contributed by atoms with Crippen LogP contribution in [0.1, 0.15) is 15.9 Å². The van der Waals surface area contributed by atoms with Gasteiger partial charge in [-0.1, -0.05) is 53.4 Å². The summed E-state index contributed by atoms with van der Waals surface area (Å²) >= 11 is 5.94. The third kappa shape index (κ3) is 4.11. The lowest BCUT2D eigenvalue weighted by molar-refractivity contribution is -0.116.